The van der Waals surface area contributed by atoms with Crippen LogP contribution in [0.1, 0.15) is 90.9 Å². The van der Waals surface area contributed by atoms with Gasteiger partial charge >= 0.3 is 6.09 Å². The van der Waals surface area contributed by atoms with Crippen LogP contribution in [0.4, 0.5) is 10.5 Å². The number of aromatic nitrogens is 1. The zero-order valence-corrected chi connectivity index (χ0v) is 17.1. The second-order valence-corrected chi connectivity index (χ2v) is 7.18. The predicted molar refractivity (Wildman–Crippen MR) is 110 cm³/mol. The molecule has 4 nitrogen and oxygen atoms in total. The maximum absolute atomic E-state index is 12.5. The van der Waals surface area contributed by atoms with E-state index in [-0.39, 0.29) is 12.2 Å². The minimum atomic E-state index is -0.276. The summed E-state index contributed by atoms with van der Waals surface area (Å²) < 4.78 is 5.82. The monoisotopic (exact) mass is 362 g/mol. The summed E-state index contributed by atoms with van der Waals surface area (Å²) in [5, 5.41) is 0. The van der Waals surface area contributed by atoms with Gasteiger partial charge in [-0.25, -0.2) is 4.79 Å². The predicted octanol–water partition coefficient (Wildman–Crippen LogP) is 6.74. The zero-order valence-electron chi connectivity index (χ0n) is 17.1. The molecule has 0 radical (unpaired) electrons. The molecule has 148 valence electrons. The van der Waals surface area contributed by atoms with Gasteiger partial charge in [0.15, 0.2) is 0 Å². The standard InChI is InChI=1S/C22H38N2O2/c1-4-6-8-9-10-11-13-17-21(16-12-7-5-2)26-22(25)24(3)20-15-14-18-23-19-20/h14-15,18-19,21H,4-13,16-17H2,1-3H3. The summed E-state index contributed by atoms with van der Waals surface area (Å²) in [7, 11) is 1.75. The summed E-state index contributed by atoms with van der Waals surface area (Å²) in [6.45, 7) is 4.45. The Labute approximate surface area is 160 Å². The number of anilines is 1. The first-order chi connectivity index (χ1) is 12.7. The molecule has 1 rings (SSSR count). The Morgan fingerprint density at radius 3 is 2.19 bits per heavy atom. The highest BCUT2D eigenvalue weighted by atomic mass is 16.6. The number of amides is 1. The Morgan fingerprint density at radius 1 is 1.00 bits per heavy atom. The highest BCUT2D eigenvalue weighted by Gasteiger charge is 2.18. The van der Waals surface area contributed by atoms with Gasteiger partial charge < -0.3 is 4.74 Å². The lowest BCUT2D eigenvalue weighted by molar-refractivity contribution is 0.0910. The van der Waals surface area contributed by atoms with E-state index >= 15 is 0 Å². The Bertz CT molecular complexity index is 464. The molecule has 0 aliphatic carbocycles. The van der Waals surface area contributed by atoms with E-state index in [9.17, 15) is 4.79 Å². The van der Waals surface area contributed by atoms with Crippen LogP contribution in [0.2, 0.25) is 0 Å². The van der Waals surface area contributed by atoms with E-state index in [1.54, 1.807) is 24.3 Å². The summed E-state index contributed by atoms with van der Waals surface area (Å²) in [5.41, 5.74) is 0.765. The van der Waals surface area contributed by atoms with Crippen molar-refractivity contribution in [1.82, 2.24) is 4.98 Å². The lowest BCUT2D eigenvalue weighted by atomic mass is 10.0. The van der Waals surface area contributed by atoms with Gasteiger partial charge in [-0.1, -0.05) is 65.2 Å². The number of hydrogen-bond donors (Lipinski definition) is 0. The molecule has 0 aromatic carbocycles. The summed E-state index contributed by atoms with van der Waals surface area (Å²) >= 11 is 0. The first-order valence-electron chi connectivity index (χ1n) is 10.5. The van der Waals surface area contributed by atoms with Gasteiger partial charge in [0.1, 0.15) is 6.10 Å². The van der Waals surface area contributed by atoms with Crippen molar-refractivity contribution in [2.24, 2.45) is 0 Å². The molecule has 1 amide bonds. The van der Waals surface area contributed by atoms with Crippen molar-refractivity contribution in [2.75, 3.05) is 11.9 Å². The molecule has 1 aromatic heterocycles. The third-order valence-corrected chi connectivity index (χ3v) is 4.83. The summed E-state index contributed by atoms with van der Waals surface area (Å²) in [4.78, 5) is 18.1. The highest BCUT2D eigenvalue weighted by Crippen LogP contribution is 2.18. The molecule has 0 fully saturated rings. The number of pyridine rings is 1. The molecule has 0 saturated carbocycles. The van der Waals surface area contributed by atoms with Gasteiger partial charge in [0.2, 0.25) is 0 Å². The van der Waals surface area contributed by atoms with E-state index in [0.717, 1.165) is 31.4 Å². The number of carbonyl (C=O) groups excluding carboxylic acids is 1. The maximum Gasteiger partial charge on any atom is 0.414 e. The molecule has 1 aromatic rings. The number of carbonyl (C=O) groups is 1. The van der Waals surface area contributed by atoms with Crippen molar-refractivity contribution < 1.29 is 9.53 Å². The number of unbranched alkanes of at least 4 members (excludes halogenated alkanes) is 8. The maximum atomic E-state index is 12.5. The van der Waals surface area contributed by atoms with Gasteiger partial charge in [-0.05, 0) is 37.8 Å². The summed E-state index contributed by atoms with van der Waals surface area (Å²) in [6, 6.07) is 3.70. The van der Waals surface area contributed by atoms with Crippen molar-refractivity contribution >= 4 is 11.8 Å². The molecule has 26 heavy (non-hydrogen) atoms. The summed E-state index contributed by atoms with van der Waals surface area (Å²) in [5.74, 6) is 0. The molecule has 0 bridgehead atoms. The van der Waals surface area contributed by atoms with E-state index in [1.165, 1.54) is 51.4 Å². The highest BCUT2D eigenvalue weighted by molar-refractivity contribution is 5.86. The van der Waals surface area contributed by atoms with Crippen LogP contribution in [0.5, 0.6) is 0 Å². The second kappa shape index (κ2) is 14.6. The molecule has 1 atom stereocenters. The third-order valence-electron chi connectivity index (χ3n) is 4.83. The van der Waals surface area contributed by atoms with Crippen LogP contribution in [-0.4, -0.2) is 24.2 Å². The van der Waals surface area contributed by atoms with Gasteiger partial charge in [0.25, 0.3) is 0 Å². The average Bonchev–Trinajstić information content (AvgIpc) is 2.67. The molecule has 0 aliphatic heterocycles. The molecule has 4 heteroatoms. The number of ether oxygens (including phenoxy) is 1. The smallest absolute Gasteiger partial charge is 0.414 e. The Balaban J connectivity index is 2.39. The second-order valence-electron chi connectivity index (χ2n) is 7.18. The lowest BCUT2D eigenvalue weighted by Crippen LogP contribution is -2.31. The minimum absolute atomic E-state index is 0.0313. The fraction of sp³-hybridized carbons (Fsp3) is 0.727. The van der Waals surface area contributed by atoms with Crippen molar-refractivity contribution in [3.63, 3.8) is 0 Å². The van der Waals surface area contributed by atoms with Crippen LogP contribution in [0, 0.1) is 0 Å². The Morgan fingerprint density at radius 2 is 1.58 bits per heavy atom. The molecule has 1 unspecified atom stereocenters. The number of rotatable bonds is 14. The van der Waals surface area contributed by atoms with E-state index in [2.05, 4.69) is 18.8 Å². The van der Waals surface area contributed by atoms with E-state index in [4.69, 9.17) is 4.74 Å². The lowest BCUT2D eigenvalue weighted by Gasteiger charge is -2.22. The molecule has 0 N–H and O–H groups in total. The van der Waals surface area contributed by atoms with Crippen LogP contribution in [0.3, 0.4) is 0 Å². The molecule has 1 heterocycles. The van der Waals surface area contributed by atoms with Gasteiger partial charge in [0, 0.05) is 13.2 Å². The number of hydrogen-bond acceptors (Lipinski definition) is 3. The molecular weight excluding hydrogens is 324 g/mol. The van der Waals surface area contributed by atoms with E-state index in [1.807, 2.05) is 12.1 Å². The Hall–Kier alpha value is -1.58. The zero-order chi connectivity index (χ0) is 19.0. The number of nitrogens with zero attached hydrogens (tertiary/aromatic N) is 2. The van der Waals surface area contributed by atoms with Crippen LogP contribution >= 0.6 is 0 Å². The van der Waals surface area contributed by atoms with Crippen LogP contribution in [0.25, 0.3) is 0 Å². The minimum Gasteiger partial charge on any atom is -0.446 e. The van der Waals surface area contributed by atoms with E-state index < -0.39 is 0 Å². The van der Waals surface area contributed by atoms with Gasteiger partial charge in [-0.2, -0.15) is 0 Å². The van der Waals surface area contributed by atoms with E-state index in [0.29, 0.717) is 0 Å². The van der Waals surface area contributed by atoms with Crippen LogP contribution in [0.15, 0.2) is 24.5 Å². The SMILES string of the molecule is CCCCCCCCCC(CCCCC)OC(=O)N(C)c1cccnc1. The normalized spacial score (nSPS) is 12.0. The van der Waals surface area contributed by atoms with Crippen LogP contribution < -0.4 is 4.90 Å². The average molecular weight is 363 g/mol. The quantitative estimate of drug-likeness (QED) is 0.344. The van der Waals surface area contributed by atoms with Crippen molar-refractivity contribution in [3.8, 4) is 0 Å². The molecular formula is C22H38N2O2. The first kappa shape index (κ1) is 22.5. The van der Waals surface area contributed by atoms with Crippen molar-refractivity contribution in [3.05, 3.63) is 24.5 Å². The van der Waals surface area contributed by atoms with Gasteiger partial charge in [-0.15, -0.1) is 0 Å². The first-order valence-corrected chi connectivity index (χ1v) is 10.5. The summed E-state index contributed by atoms with van der Waals surface area (Å²) in [6.07, 6.45) is 17.6. The molecule has 0 saturated heterocycles. The van der Waals surface area contributed by atoms with Crippen molar-refractivity contribution in [2.45, 2.75) is 97.0 Å². The van der Waals surface area contributed by atoms with Gasteiger partial charge in [-0.3, -0.25) is 9.88 Å². The fourth-order valence-electron chi connectivity index (χ4n) is 3.09. The third kappa shape index (κ3) is 9.79. The fourth-order valence-corrected chi connectivity index (χ4v) is 3.09. The van der Waals surface area contributed by atoms with Crippen LogP contribution in [-0.2, 0) is 4.74 Å². The Kier molecular flexibility index (Phi) is 12.6. The van der Waals surface area contributed by atoms with Gasteiger partial charge in [0.05, 0.1) is 11.9 Å². The topological polar surface area (TPSA) is 42.4 Å². The van der Waals surface area contributed by atoms with Crippen molar-refractivity contribution in [1.29, 1.82) is 0 Å². The largest absolute Gasteiger partial charge is 0.446 e. The molecule has 0 aliphatic rings. The molecule has 0 spiro atoms.